The average molecular weight is 383 g/mol. The minimum atomic E-state index is -0.515. The van der Waals surface area contributed by atoms with Crippen molar-refractivity contribution in [1.29, 1.82) is 0 Å². The second-order valence-corrected chi connectivity index (χ2v) is 6.54. The number of rotatable bonds is 4. The fourth-order valence-corrected chi connectivity index (χ4v) is 3.20. The highest BCUT2D eigenvalue weighted by molar-refractivity contribution is 6.07. The Labute approximate surface area is 162 Å². The monoisotopic (exact) mass is 383 g/mol. The summed E-state index contributed by atoms with van der Waals surface area (Å²) < 4.78 is 5.28. The molecular formula is C20H21N3O5. The van der Waals surface area contributed by atoms with E-state index in [0.717, 1.165) is 0 Å². The Hall–Kier alpha value is -3.26. The lowest BCUT2D eigenvalue weighted by molar-refractivity contribution is -0.385. The molecule has 3 rings (SSSR count). The number of hydrogen-bond acceptors (Lipinski definition) is 5. The van der Waals surface area contributed by atoms with Crippen molar-refractivity contribution in [3.05, 3.63) is 68.8 Å². The number of nitro groups is 1. The molecule has 0 atom stereocenters. The van der Waals surface area contributed by atoms with Gasteiger partial charge in [-0.3, -0.25) is 19.7 Å². The maximum atomic E-state index is 12.8. The van der Waals surface area contributed by atoms with Gasteiger partial charge in [-0.05, 0) is 37.6 Å². The molecule has 1 heterocycles. The van der Waals surface area contributed by atoms with E-state index in [1.165, 1.54) is 25.1 Å². The van der Waals surface area contributed by atoms with Crippen LogP contribution >= 0.6 is 0 Å². The minimum absolute atomic E-state index is 0.108. The number of nitro benzene ring substituents is 1. The van der Waals surface area contributed by atoms with Gasteiger partial charge < -0.3 is 15.0 Å². The van der Waals surface area contributed by atoms with Gasteiger partial charge in [0.1, 0.15) is 0 Å². The van der Waals surface area contributed by atoms with E-state index in [4.69, 9.17) is 4.74 Å². The largest absolute Gasteiger partial charge is 0.378 e. The van der Waals surface area contributed by atoms with Crippen molar-refractivity contribution in [2.45, 2.75) is 13.8 Å². The Morgan fingerprint density at radius 2 is 1.68 bits per heavy atom. The average Bonchev–Trinajstić information content (AvgIpc) is 2.69. The fraction of sp³-hybridized carbons (Fsp3) is 0.300. The molecule has 0 aliphatic carbocycles. The Morgan fingerprint density at radius 1 is 1.04 bits per heavy atom. The Morgan fingerprint density at radius 3 is 2.36 bits per heavy atom. The van der Waals surface area contributed by atoms with Gasteiger partial charge in [-0.2, -0.15) is 0 Å². The normalized spacial score (nSPS) is 13.9. The first kappa shape index (κ1) is 19.5. The molecule has 2 amide bonds. The lowest BCUT2D eigenvalue weighted by atomic mass is 10.0. The van der Waals surface area contributed by atoms with Crippen LogP contribution in [0.1, 0.15) is 31.8 Å². The van der Waals surface area contributed by atoms with Crippen LogP contribution in [0.3, 0.4) is 0 Å². The molecule has 0 saturated carbocycles. The molecule has 1 N–H and O–H groups in total. The van der Waals surface area contributed by atoms with E-state index in [2.05, 4.69) is 5.32 Å². The number of nitrogens with one attached hydrogen (secondary N) is 1. The van der Waals surface area contributed by atoms with Gasteiger partial charge in [0.15, 0.2) is 0 Å². The minimum Gasteiger partial charge on any atom is -0.378 e. The van der Waals surface area contributed by atoms with Crippen LogP contribution in [0, 0.1) is 24.0 Å². The molecule has 1 fully saturated rings. The number of benzene rings is 2. The number of anilines is 1. The molecular weight excluding hydrogens is 362 g/mol. The van der Waals surface area contributed by atoms with Gasteiger partial charge >= 0.3 is 0 Å². The molecule has 28 heavy (non-hydrogen) atoms. The zero-order chi connectivity index (χ0) is 20.3. The summed E-state index contributed by atoms with van der Waals surface area (Å²) >= 11 is 0. The van der Waals surface area contributed by atoms with Crippen molar-refractivity contribution in [3.8, 4) is 0 Å². The van der Waals surface area contributed by atoms with Crippen molar-refractivity contribution >= 4 is 23.2 Å². The number of hydrogen-bond donors (Lipinski definition) is 1. The van der Waals surface area contributed by atoms with Gasteiger partial charge in [0.2, 0.25) is 0 Å². The topological polar surface area (TPSA) is 102 Å². The lowest BCUT2D eigenvalue weighted by Gasteiger charge is -2.27. The maximum absolute atomic E-state index is 12.8. The molecule has 8 heteroatoms. The second-order valence-electron chi connectivity index (χ2n) is 6.54. The number of nitrogens with zero attached hydrogens (tertiary/aromatic N) is 2. The van der Waals surface area contributed by atoms with Crippen LogP contribution in [0.25, 0.3) is 0 Å². The molecule has 146 valence electrons. The van der Waals surface area contributed by atoms with E-state index in [-0.39, 0.29) is 17.2 Å². The first-order valence-corrected chi connectivity index (χ1v) is 8.92. The van der Waals surface area contributed by atoms with Crippen molar-refractivity contribution < 1.29 is 19.2 Å². The SMILES string of the molecule is Cc1c(NC(=O)c2cccc([N+](=O)[O-])c2C)cccc1C(=O)N1CCOCC1. The van der Waals surface area contributed by atoms with Gasteiger partial charge in [-0.25, -0.2) is 0 Å². The van der Waals surface area contributed by atoms with Crippen molar-refractivity contribution in [1.82, 2.24) is 4.90 Å². The zero-order valence-corrected chi connectivity index (χ0v) is 15.7. The third kappa shape index (κ3) is 3.86. The summed E-state index contributed by atoms with van der Waals surface area (Å²) in [6, 6.07) is 9.51. The predicted molar refractivity (Wildman–Crippen MR) is 104 cm³/mol. The molecule has 1 saturated heterocycles. The van der Waals surface area contributed by atoms with Crippen LogP contribution in [-0.4, -0.2) is 47.9 Å². The van der Waals surface area contributed by atoms with E-state index in [1.54, 1.807) is 30.0 Å². The molecule has 8 nitrogen and oxygen atoms in total. The van der Waals surface area contributed by atoms with E-state index in [1.807, 2.05) is 0 Å². The summed E-state index contributed by atoms with van der Waals surface area (Å²) in [6.45, 7) is 5.38. The molecule has 0 radical (unpaired) electrons. The second kappa shape index (κ2) is 8.18. The maximum Gasteiger partial charge on any atom is 0.273 e. The van der Waals surface area contributed by atoms with Gasteiger partial charge in [0, 0.05) is 41.5 Å². The summed E-state index contributed by atoms with van der Waals surface area (Å²) in [6.07, 6.45) is 0. The Bertz CT molecular complexity index is 935. The number of carbonyl (C=O) groups is 2. The van der Waals surface area contributed by atoms with Gasteiger partial charge in [0.05, 0.1) is 18.1 Å². The number of amides is 2. The third-order valence-corrected chi connectivity index (χ3v) is 4.86. The summed E-state index contributed by atoms with van der Waals surface area (Å²) in [7, 11) is 0. The molecule has 0 bridgehead atoms. The Balaban J connectivity index is 1.85. The summed E-state index contributed by atoms with van der Waals surface area (Å²) in [4.78, 5) is 37.8. The van der Waals surface area contributed by atoms with Crippen molar-refractivity contribution in [2.75, 3.05) is 31.6 Å². The number of morpholine rings is 1. The molecule has 2 aromatic carbocycles. The highest BCUT2D eigenvalue weighted by Gasteiger charge is 2.22. The molecule has 0 aromatic heterocycles. The Kier molecular flexibility index (Phi) is 5.70. The first-order valence-electron chi connectivity index (χ1n) is 8.92. The zero-order valence-electron chi connectivity index (χ0n) is 15.7. The van der Waals surface area contributed by atoms with Crippen LogP contribution in [0.15, 0.2) is 36.4 Å². The molecule has 2 aromatic rings. The van der Waals surface area contributed by atoms with Crippen LogP contribution < -0.4 is 5.32 Å². The molecule has 1 aliphatic heterocycles. The quantitative estimate of drug-likeness (QED) is 0.646. The van der Waals surface area contributed by atoms with Crippen LogP contribution in [0.4, 0.5) is 11.4 Å². The molecule has 1 aliphatic rings. The van der Waals surface area contributed by atoms with Crippen LogP contribution in [-0.2, 0) is 4.74 Å². The number of ether oxygens (including phenoxy) is 1. The molecule has 0 spiro atoms. The van der Waals surface area contributed by atoms with Crippen molar-refractivity contribution in [2.24, 2.45) is 0 Å². The van der Waals surface area contributed by atoms with Gasteiger partial charge in [-0.15, -0.1) is 0 Å². The lowest BCUT2D eigenvalue weighted by Crippen LogP contribution is -2.41. The smallest absolute Gasteiger partial charge is 0.273 e. The van der Waals surface area contributed by atoms with Crippen LogP contribution in [0.2, 0.25) is 0 Å². The van der Waals surface area contributed by atoms with E-state index >= 15 is 0 Å². The standard InChI is InChI=1S/C20H21N3O5/c1-13-16(20(25)22-9-11-28-12-10-22)6-3-7-17(13)21-19(24)15-5-4-8-18(14(15)2)23(26)27/h3-8H,9-12H2,1-2H3,(H,21,24). The van der Waals surface area contributed by atoms with E-state index in [0.29, 0.717) is 48.7 Å². The summed E-state index contributed by atoms with van der Waals surface area (Å²) in [5, 5.41) is 13.9. The van der Waals surface area contributed by atoms with Gasteiger partial charge in [0.25, 0.3) is 17.5 Å². The molecule has 0 unspecified atom stereocenters. The predicted octanol–water partition coefficient (Wildman–Crippen LogP) is 2.94. The highest BCUT2D eigenvalue weighted by Crippen LogP contribution is 2.25. The van der Waals surface area contributed by atoms with Crippen molar-refractivity contribution in [3.63, 3.8) is 0 Å². The van der Waals surface area contributed by atoms with Gasteiger partial charge in [-0.1, -0.05) is 12.1 Å². The first-order chi connectivity index (χ1) is 13.4. The van der Waals surface area contributed by atoms with Crippen LogP contribution in [0.5, 0.6) is 0 Å². The third-order valence-electron chi connectivity index (χ3n) is 4.86. The van der Waals surface area contributed by atoms with E-state index in [9.17, 15) is 19.7 Å². The summed E-state index contributed by atoms with van der Waals surface area (Å²) in [5.74, 6) is -0.566. The van der Waals surface area contributed by atoms with E-state index < -0.39 is 10.8 Å². The highest BCUT2D eigenvalue weighted by atomic mass is 16.6. The fourth-order valence-electron chi connectivity index (χ4n) is 3.20. The summed E-state index contributed by atoms with van der Waals surface area (Å²) in [5.41, 5.74) is 2.06. The number of carbonyl (C=O) groups excluding carboxylic acids is 2.